The summed E-state index contributed by atoms with van der Waals surface area (Å²) in [5.74, 6) is -0.732. The van der Waals surface area contributed by atoms with Crippen molar-refractivity contribution in [2.24, 2.45) is 5.92 Å². The van der Waals surface area contributed by atoms with E-state index in [0.29, 0.717) is 6.42 Å². The molecule has 0 bridgehead atoms. The lowest BCUT2D eigenvalue weighted by Gasteiger charge is -2.33. The highest BCUT2D eigenvalue weighted by atomic mass is 16.5. The fourth-order valence-electron chi connectivity index (χ4n) is 3.14. The lowest BCUT2D eigenvalue weighted by atomic mass is 9.87. The number of Topliss-reactive ketones (excluding diaryl/α,β-unsaturated/α-hetero) is 1. The third-order valence-corrected chi connectivity index (χ3v) is 4.42. The highest BCUT2D eigenvalue weighted by Crippen LogP contribution is 2.26. The summed E-state index contributed by atoms with van der Waals surface area (Å²) >= 11 is 0. The van der Waals surface area contributed by atoms with Crippen molar-refractivity contribution in [3.05, 3.63) is 0 Å². The van der Waals surface area contributed by atoms with Gasteiger partial charge in [-0.1, -0.05) is 19.3 Å². The van der Waals surface area contributed by atoms with Gasteiger partial charge >= 0.3 is 5.97 Å². The Labute approximate surface area is 120 Å². The zero-order valence-corrected chi connectivity index (χ0v) is 12.2. The molecule has 2 rings (SSSR count). The van der Waals surface area contributed by atoms with Gasteiger partial charge in [0.15, 0.2) is 6.10 Å². The Balaban J connectivity index is 1.88. The molecule has 0 aromatic rings. The van der Waals surface area contributed by atoms with Crippen LogP contribution in [0.15, 0.2) is 0 Å². The number of nitrogens with one attached hydrogen (secondary N) is 1. The number of esters is 1. The normalized spacial score (nSPS) is 29.7. The molecule has 0 radical (unpaired) electrons. The number of rotatable bonds is 4. The third kappa shape index (κ3) is 3.58. The summed E-state index contributed by atoms with van der Waals surface area (Å²) in [5.41, 5.74) is -1.38. The van der Waals surface area contributed by atoms with Crippen LogP contribution in [-0.4, -0.2) is 41.7 Å². The molecular weight excluding hydrogens is 258 g/mol. The average molecular weight is 283 g/mol. The molecule has 1 saturated heterocycles. The summed E-state index contributed by atoms with van der Waals surface area (Å²) in [4.78, 5) is 24.3. The number of carbonyl (C=O) groups is 2. The van der Waals surface area contributed by atoms with Crippen molar-refractivity contribution in [2.45, 2.75) is 63.6 Å². The molecule has 0 amide bonds. The molecule has 2 N–H and O–H groups in total. The smallest absolute Gasteiger partial charge is 0.309 e. The van der Waals surface area contributed by atoms with Gasteiger partial charge in [-0.25, -0.2) is 0 Å². The van der Waals surface area contributed by atoms with Crippen molar-refractivity contribution in [3.8, 4) is 0 Å². The zero-order valence-electron chi connectivity index (χ0n) is 12.2. The Morgan fingerprint density at radius 1 is 1.25 bits per heavy atom. The van der Waals surface area contributed by atoms with E-state index < -0.39 is 11.7 Å². The van der Waals surface area contributed by atoms with Gasteiger partial charge in [0.1, 0.15) is 5.60 Å². The van der Waals surface area contributed by atoms with Crippen molar-refractivity contribution in [1.29, 1.82) is 0 Å². The van der Waals surface area contributed by atoms with E-state index in [4.69, 9.17) is 4.74 Å². The second-order valence-electron chi connectivity index (χ2n) is 6.09. The van der Waals surface area contributed by atoms with Crippen LogP contribution in [0.2, 0.25) is 0 Å². The maximum absolute atomic E-state index is 12.3. The highest BCUT2D eigenvalue weighted by Gasteiger charge is 2.41. The molecule has 0 aromatic heterocycles. The van der Waals surface area contributed by atoms with Gasteiger partial charge in [-0.05, 0) is 39.2 Å². The van der Waals surface area contributed by atoms with Crippen LogP contribution in [0.25, 0.3) is 0 Å². The number of aliphatic hydroxyl groups is 1. The molecule has 0 aromatic carbocycles. The first kappa shape index (κ1) is 15.4. The molecule has 114 valence electrons. The number of carbonyl (C=O) groups excluding carboxylic acids is 2. The van der Waals surface area contributed by atoms with E-state index in [2.05, 4.69) is 5.32 Å². The van der Waals surface area contributed by atoms with E-state index in [9.17, 15) is 14.7 Å². The monoisotopic (exact) mass is 283 g/mol. The molecule has 2 aliphatic rings. The lowest BCUT2D eigenvalue weighted by Crippen LogP contribution is -2.55. The lowest BCUT2D eigenvalue weighted by molar-refractivity contribution is -0.166. The molecule has 1 saturated carbocycles. The standard InChI is InChI=1S/C15H25NO4/c1-11(13(17)15(19)8-5-9-16-10-15)20-14(18)12-6-3-2-4-7-12/h11-12,16,19H,2-10H2,1H3. The fourth-order valence-corrected chi connectivity index (χ4v) is 3.14. The predicted octanol–water partition coefficient (Wildman–Crippen LogP) is 1.18. The Kier molecular flexibility index (Phi) is 5.16. The van der Waals surface area contributed by atoms with Crippen molar-refractivity contribution in [1.82, 2.24) is 5.32 Å². The van der Waals surface area contributed by atoms with Crippen molar-refractivity contribution < 1.29 is 19.4 Å². The maximum atomic E-state index is 12.3. The Hall–Kier alpha value is -0.940. The molecule has 5 nitrogen and oxygen atoms in total. The summed E-state index contributed by atoms with van der Waals surface area (Å²) in [6.07, 6.45) is 5.30. The van der Waals surface area contributed by atoms with E-state index in [1.807, 2.05) is 0 Å². The fraction of sp³-hybridized carbons (Fsp3) is 0.867. The van der Waals surface area contributed by atoms with E-state index in [1.165, 1.54) is 6.42 Å². The SMILES string of the molecule is CC(OC(=O)C1CCCCC1)C(=O)C1(O)CCCNC1. The summed E-state index contributed by atoms with van der Waals surface area (Å²) in [7, 11) is 0. The van der Waals surface area contributed by atoms with Gasteiger partial charge in [0, 0.05) is 6.54 Å². The van der Waals surface area contributed by atoms with Gasteiger partial charge in [0.2, 0.25) is 5.78 Å². The largest absolute Gasteiger partial charge is 0.454 e. The first-order valence-corrected chi connectivity index (χ1v) is 7.71. The molecule has 1 aliphatic heterocycles. The topological polar surface area (TPSA) is 75.6 Å². The van der Waals surface area contributed by atoms with Crippen LogP contribution in [-0.2, 0) is 14.3 Å². The van der Waals surface area contributed by atoms with Crippen LogP contribution in [0.3, 0.4) is 0 Å². The second-order valence-corrected chi connectivity index (χ2v) is 6.09. The molecule has 20 heavy (non-hydrogen) atoms. The van der Waals surface area contributed by atoms with Gasteiger partial charge in [-0.2, -0.15) is 0 Å². The van der Waals surface area contributed by atoms with E-state index in [-0.39, 0.29) is 24.2 Å². The first-order valence-electron chi connectivity index (χ1n) is 7.71. The quantitative estimate of drug-likeness (QED) is 0.758. The van der Waals surface area contributed by atoms with Gasteiger partial charge < -0.3 is 15.2 Å². The molecule has 2 fully saturated rings. The van der Waals surface area contributed by atoms with Crippen LogP contribution >= 0.6 is 0 Å². The van der Waals surface area contributed by atoms with Crippen LogP contribution < -0.4 is 5.32 Å². The molecule has 1 aliphatic carbocycles. The second kappa shape index (κ2) is 6.68. The molecule has 2 unspecified atom stereocenters. The third-order valence-electron chi connectivity index (χ3n) is 4.42. The predicted molar refractivity (Wildman–Crippen MR) is 74.2 cm³/mol. The van der Waals surface area contributed by atoms with Crippen LogP contribution in [0, 0.1) is 5.92 Å². The van der Waals surface area contributed by atoms with Crippen molar-refractivity contribution in [2.75, 3.05) is 13.1 Å². The maximum Gasteiger partial charge on any atom is 0.309 e. The average Bonchev–Trinajstić information content (AvgIpc) is 2.48. The van der Waals surface area contributed by atoms with Crippen molar-refractivity contribution >= 4 is 11.8 Å². The zero-order chi connectivity index (χ0) is 14.6. The minimum Gasteiger partial charge on any atom is -0.454 e. The van der Waals surface area contributed by atoms with E-state index in [1.54, 1.807) is 6.92 Å². The summed E-state index contributed by atoms with van der Waals surface area (Å²) in [5, 5.41) is 13.3. The number of piperidine rings is 1. The van der Waals surface area contributed by atoms with Gasteiger partial charge in [-0.3, -0.25) is 9.59 Å². The number of hydrogen-bond donors (Lipinski definition) is 2. The first-order chi connectivity index (χ1) is 9.53. The van der Waals surface area contributed by atoms with Gasteiger partial charge in [0.05, 0.1) is 5.92 Å². The summed E-state index contributed by atoms with van der Waals surface area (Å²) in [6, 6.07) is 0. The Morgan fingerprint density at radius 2 is 1.95 bits per heavy atom. The van der Waals surface area contributed by atoms with Crippen LogP contribution in [0.5, 0.6) is 0 Å². The molecule has 2 atom stereocenters. The Bertz CT molecular complexity index is 357. The number of ether oxygens (including phenoxy) is 1. The molecule has 0 spiro atoms. The van der Waals surface area contributed by atoms with E-state index in [0.717, 1.165) is 38.6 Å². The van der Waals surface area contributed by atoms with Gasteiger partial charge in [-0.15, -0.1) is 0 Å². The van der Waals surface area contributed by atoms with Crippen molar-refractivity contribution in [3.63, 3.8) is 0 Å². The van der Waals surface area contributed by atoms with Crippen LogP contribution in [0.4, 0.5) is 0 Å². The highest BCUT2D eigenvalue weighted by molar-refractivity contribution is 5.92. The molecule has 1 heterocycles. The number of ketones is 1. The minimum atomic E-state index is -1.38. The van der Waals surface area contributed by atoms with Crippen LogP contribution in [0.1, 0.15) is 51.9 Å². The number of hydrogen-bond acceptors (Lipinski definition) is 5. The summed E-state index contributed by atoms with van der Waals surface area (Å²) < 4.78 is 5.29. The molecular formula is C15H25NO4. The minimum absolute atomic E-state index is 0.0712. The van der Waals surface area contributed by atoms with E-state index >= 15 is 0 Å². The summed E-state index contributed by atoms with van der Waals surface area (Å²) in [6.45, 7) is 2.62. The molecule has 5 heteroatoms. The number of β-amino-alcohol motifs (C(OH)–C–C–N with tert-alkyl or cyclic N) is 1. The van der Waals surface area contributed by atoms with Gasteiger partial charge in [0.25, 0.3) is 0 Å². The Morgan fingerprint density at radius 3 is 2.55 bits per heavy atom.